The van der Waals surface area contributed by atoms with Gasteiger partial charge in [0.2, 0.25) is 15.0 Å². The maximum absolute atomic E-state index is 14.1. The van der Waals surface area contributed by atoms with Crippen LogP contribution >= 0.6 is 0 Å². The number of benzene rings is 1. The third kappa shape index (κ3) is 3.66. The molecular weight excluding hydrogens is 414 g/mol. The number of rotatable bonds is 5. The van der Waals surface area contributed by atoms with Crippen LogP contribution in [0.2, 0.25) is 0 Å². The molecule has 4 rings (SSSR count). The highest BCUT2D eigenvalue weighted by Gasteiger charge is 2.38. The molecule has 2 aromatic rings. The van der Waals surface area contributed by atoms with Gasteiger partial charge >= 0.3 is 0 Å². The van der Waals surface area contributed by atoms with E-state index in [1.165, 1.54) is 0 Å². The van der Waals surface area contributed by atoms with Crippen LogP contribution in [0.3, 0.4) is 0 Å². The number of aromatic nitrogens is 2. The predicted molar refractivity (Wildman–Crippen MR) is 106 cm³/mol. The minimum absolute atomic E-state index is 0.00988. The number of nitrogens with two attached hydrogens (primary N) is 1. The van der Waals surface area contributed by atoms with Gasteiger partial charge in [-0.2, -0.15) is 0 Å². The summed E-state index contributed by atoms with van der Waals surface area (Å²) in [5.41, 5.74) is 8.08. The molecule has 0 saturated carbocycles. The maximum Gasteiger partial charge on any atom is 0.228 e. The maximum atomic E-state index is 14.1. The standard InChI is InChI=1S/C20H26F2N4O3S/c1-3-26-18-10-25(9-17(18)24-20(26)30(27,28)4-2)13-8-16(23)19(29-11-13)14-7-12(21)5-6-15(14)22/h5-7,13,16,19H,3-4,8-11,23H2,1-2H3/t13-,16+,19-/m1/s1. The second-order valence-corrected chi connectivity index (χ2v) is 9.99. The van der Waals surface area contributed by atoms with E-state index in [1.54, 1.807) is 11.5 Å². The third-order valence-electron chi connectivity index (χ3n) is 5.98. The number of hydrogen-bond acceptors (Lipinski definition) is 6. The Bertz CT molecular complexity index is 1060. The van der Waals surface area contributed by atoms with Gasteiger partial charge in [-0.05, 0) is 31.5 Å². The summed E-state index contributed by atoms with van der Waals surface area (Å²) in [6, 6.07) is 2.79. The molecular formula is C20H26F2N4O3S. The summed E-state index contributed by atoms with van der Waals surface area (Å²) < 4.78 is 60.0. The quantitative estimate of drug-likeness (QED) is 0.766. The monoisotopic (exact) mass is 440 g/mol. The Balaban J connectivity index is 1.49. The van der Waals surface area contributed by atoms with Crippen molar-refractivity contribution in [2.75, 3.05) is 12.4 Å². The van der Waals surface area contributed by atoms with E-state index in [1.807, 2.05) is 6.92 Å². The molecule has 2 N–H and O–H groups in total. The van der Waals surface area contributed by atoms with Gasteiger partial charge in [-0.15, -0.1) is 0 Å². The van der Waals surface area contributed by atoms with Gasteiger partial charge in [0.05, 0.1) is 23.7 Å². The topological polar surface area (TPSA) is 90.5 Å². The summed E-state index contributed by atoms with van der Waals surface area (Å²) in [5.74, 6) is -1.05. The van der Waals surface area contributed by atoms with Gasteiger partial charge in [0, 0.05) is 37.3 Å². The molecule has 0 unspecified atom stereocenters. The molecule has 3 heterocycles. The van der Waals surface area contributed by atoms with Crippen LogP contribution in [0.1, 0.15) is 43.3 Å². The molecule has 7 nitrogen and oxygen atoms in total. The summed E-state index contributed by atoms with van der Waals surface area (Å²) >= 11 is 0. The van der Waals surface area contributed by atoms with E-state index in [0.717, 1.165) is 29.6 Å². The SMILES string of the molecule is CCn1c(S(=O)(=O)CC)nc2c1CN([C@H]1CO[C@H](c3cc(F)ccc3F)[C@@H](N)C1)C2. The van der Waals surface area contributed by atoms with Crippen LogP contribution in [0.15, 0.2) is 23.4 Å². The first-order valence-corrected chi connectivity index (χ1v) is 11.8. The van der Waals surface area contributed by atoms with Crippen molar-refractivity contribution >= 4 is 9.84 Å². The Kier molecular flexibility index (Phi) is 5.69. The van der Waals surface area contributed by atoms with Gasteiger partial charge in [0.25, 0.3) is 0 Å². The fourth-order valence-corrected chi connectivity index (χ4v) is 5.44. The molecule has 164 valence electrons. The molecule has 2 aliphatic rings. The van der Waals surface area contributed by atoms with Crippen molar-refractivity contribution in [3.63, 3.8) is 0 Å². The number of fused-ring (bicyclic) bond motifs is 1. The largest absolute Gasteiger partial charge is 0.370 e. The number of sulfone groups is 1. The number of halogens is 2. The predicted octanol–water partition coefficient (Wildman–Crippen LogP) is 2.15. The van der Waals surface area contributed by atoms with Gasteiger partial charge in [-0.1, -0.05) is 6.92 Å². The zero-order valence-corrected chi connectivity index (χ0v) is 17.8. The normalized spacial score (nSPS) is 24.9. The second kappa shape index (κ2) is 7.99. The Morgan fingerprint density at radius 1 is 1.27 bits per heavy atom. The zero-order valence-electron chi connectivity index (χ0n) is 17.0. The van der Waals surface area contributed by atoms with Crippen molar-refractivity contribution in [2.24, 2.45) is 5.73 Å². The average molecular weight is 441 g/mol. The first-order chi connectivity index (χ1) is 14.2. The Hall–Kier alpha value is -1.88. The van der Waals surface area contributed by atoms with Crippen LogP contribution in [0.4, 0.5) is 8.78 Å². The van der Waals surface area contributed by atoms with Crippen LogP contribution in [0, 0.1) is 11.6 Å². The summed E-state index contributed by atoms with van der Waals surface area (Å²) in [6.45, 7) is 5.41. The number of nitrogens with zero attached hydrogens (tertiary/aromatic N) is 3. The molecule has 1 saturated heterocycles. The van der Waals surface area contributed by atoms with Crippen molar-refractivity contribution in [3.8, 4) is 0 Å². The first-order valence-electron chi connectivity index (χ1n) is 10.1. The van der Waals surface area contributed by atoms with Gasteiger partial charge < -0.3 is 15.0 Å². The van der Waals surface area contributed by atoms with E-state index in [9.17, 15) is 17.2 Å². The van der Waals surface area contributed by atoms with Crippen LogP contribution < -0.4 is 5.73 Å². The van der Waals surface area contributed by atoms with Crippen LogP contribution in [0.5, 0.6) is 0 Å². The van der Waals surface area contributed by atoms with Crippen LogP contribution in [0.25, 0.3) is 0 Å². The zero-order chi connectivity index (χ0) is 21.6. The summed E-state index contributed by atoms with van der Waals surface area (Å²) in [6.07, 6.45) is -0.150. The smallest absolute Gasteiger partial charge is 0.228 e. The Morgan fingerprint density at radius 3 is 2.70 bits per heavy atom. The van der Waals surface area contributed by atoms with E-state index >= 15 is 0 Å². The lowest BCUT2D eigenvalue weighted by Crippen LogP contribution is -2.48. The van der Waals surface area contributed by atoms with Crippen LogP contribution in [-0.2, 0) is 34.2 Å². The van der Waals surface area contributed by atoms with E-state index < -0.39 is 33.6 Å². The van der Waals surface area contributed by atoms with E-state index in [2.05, 4.69) is 9.88 Å². The van der Waals surface area contributed by atoms with E-state index in [4.69, 9.17) is 10.5 Å². The molecule has 3 atom stereocenters. The molecule has 0 spiro atoms. The van der Waals surface area contributed by atoms with Gasteiger partial charge in [0.1, 0.15) is 17.7 Å². The summed E-state index contributed by atoms with van der Waals surface area (Å²) in [7, 11) is -3.39. The highest BCUT2D eigenvalue weighted by atomic mass is 32.2. The molecule has 1 aromatic carbocycles. The molecule has 2 aliphatic heterocycles. The van der Waals surface area contributed by atoms with Crippen molar-refractivity contribution in [3.05, 3.63) is 46.8 Å². The Labute approximate surface area is 174 Å². The van der Waals surface area contributed by atoms with Crippen molar-refractivity contribution in [1.82, 2.24) is 14.5 Å². The van der Waals surface area contributed by atoms with E-state index in [-0.39, 0.29) is 22.5 Å². The lowest BCUT2D eigenvalue weighted by atomic mass is 9.93. The molecule has 0 amide bonds. The highest BCUT2D eigenvalue weighted by molar-refractivity contribution is 7.91. The lowest BCUT2D eigenvalue weighted by Gasteiger charge is -2.38. The molecule has 0 bridgehead atoms. The molecule has 10 heteroatoms. The lowest BCUT2D eigenvalue weighted by molar-refractivity contribution is -0.0536. The molecule has 1 aromatic heterocycles. The summed E-state index contributed by atoms with van der Waals surface area (Å²) in [5, 5.41) is 0.135. The molecule has 1 fully saturated rings. The van der Waals surface area contributed by atoms with Crippen molar-refractivity contribution < 1.29 is 21.9 Å². The minimum atomic E-state index is -3.39. The fraction of sp³-hybridized carbons (Fsp3) is 0.550. The molecule has 0 radical (unpaired) electrons. The minimum Gasteiger partial charge on any atom is -0.370 e. The number of imidazole rings is 1. The first kappa shape index (κ1) is 21.4. The van der Waals surface area contributed by atoms with Crippen LogP contribution in [-0.4, -0.2) is 47.3 Å². The number of hydrogen-bond donors (Lipinski definition) is 1. The van der Waals surface area contributed by atoms with Gasteiger partial charge in [0.15, 0.2) is 0 Å². The molecule has 30 heavy (non-hydrogen) atoms. The summed E-state index contributed by atoms with van der Waals surface area (Å²) in [4.78, 5) is 6.58. The van der Waals surface area contributed by atoms with Gasteiger partial charge in [-0.3, -0.25) is 4.90 Å². The second-order valence-electron chi connectivity index (χ2n) is 7.81. The highest BCUT2D eigenvalue weighted by Crippen LogP contribution is 2.35. The van der Waals surface area contributed by atoms with Gasteiger partial charge in [-0.25, -0.2) is 22.2 Å². The van der Waals surface area contributed by atoms with Crippen molar-refractivity contribution in [1.29, 1.82) is 0 Å². The Morgan fingerprint density at radius 2 is 2.03 bits per heavy atom. The van der Waals surface area contributed by atoms with E-state index in [0.29, 0.717) is 32.7 Å². The van der Waals surface area contributed by atoms with Crippen molar-refractivity contribution in [2.45, 2.75) is 63.2 Å². The average Bonchev–Trinajstić information content (AvgIpc) is 3.28. The third-order valence-corrected chi connectivity index (χ3v) is 7.61. The number of ether oxygens (including phenoxy) is 1. The molecule has 0 aliphatic carbocycles. The fourth-order valence-electron chi connectivity index (χ4n) is 4.36.